The smallest absolute Gasteiger partial charge is 0.0459 e. The van der Waals surface area contributed by atoms with Crippen molar-refractivity contribution in [2.24, 2.45) is 11.7 Å². The molecule has 1 unspecified atom stereocenters. The first kappa shape index (κ1) is 15.3. The van der Waals surface area contributed by atoms with E-state index < -0.39 is 0 Å². The molecule has 0 amide bonds. The van der Waals surface area contributed by atoms with Crippen LogP contribution in [-0.4, -0.2) is 19.6 Å². The van der Waals surface area contributed by atoms with Gasteiger partial charge in [-0.3, -0.25) is 0 Å². The Balaban J connectivity index is 2.97. The molecule has 3 heteroatoms. The fraction of sp³-hybridized carbons (Fsp3) is 0.600. The third-order valence-corrected chi connectivity index (χ3v) is 3.70. The number of hydrogen-bond acceptors (Lipinski definition) is 2. The topological polar surface area (TPSA) is 29.3 Å². The number of anilines is 1. The molecule has 2 N–H and O–H groups in total. The molecule has 0 aromatic heterocycles. The van der Waals surface area contributed by atoms with Crippen molar-refractivity contribution in [1.82, 2.24) is 0 Å². The summed E-state index contributed by atoms with van der Waals surface area (Å²) in [7, 11) is 2.14. The van der Waals surface area contributed by atoms with E-state index in [2.05, 4.69) is 38.8 Å². The van der Waals surface area contributed by atoms with Crippen molar-refractivity contribution in [3.8, 4) is 0 Å². The van der Waals surface area contributed by atoms with Crippen LogP contribution in [0.25, 0.3) is 0 Å². The van der Waals surface area contributed by atoms with Gasteiger partial charge in [0.2, 0.25) is 0 Å². The molecule has 0 spiro atoms. The number of rotatable bonds is 6. The van der Waals surface area contributed by atoms with Crippen LogP contribution in [0, 0.1) is 5.92 Å². The van der Waals surface area contributed by atoms with E-state index in [1.807, 2.05) is 12.1 Å². The highest BCUT2D eigenvalue weighted by Crippen LogP contribution is 2.29. The van der Waals surface area contributed by atoms with Crippen molar-refractivity contribution in [2.75, 3.05) is 18.5 Å². The van der Waals surface area contributed by atoms with Gasteiger partial charge in [-0.1, -0.05) is 31.5 Å². The molecule has 102 valence electrons. The summed E-state index contributed by atoms with van der Waals surface area (Å²) in [6.07, 6.45) is 2.00. The Kier molecular flexibility index (Phi) is 5.97. The van der Waals surface area contributed by atoms with Gasteiger partial charge in [0, 0.05) is 23.8 Å². The van der Waals surface area contributed by atoms with E-state index in [1.54, 1.807) is 0 Å². The van der Waals surface area contributed by atoms with E-state index in [1.165, 1.54) is 17.7 Å². The highest BCUT2D eigenvalue weighted by Gasteiger charge is 2.16. The third kappa shape index (κ3) is 3.89. The quantitative estimate of drug-likeness (QED) is 0.852. The Hall–Kier alpha value is -0.730. The van der Waals surface area contributed by atoms with Gasteiger partial charge in [0.25, 0.3) is 0 Å². The van der Waals surface area contributed by atoms with E-state index in [4.69, 9.17) is 17.3 Å². The summed E-state index contributed by atoms with van der Waals surface area (Å²) < 4.78 is 0. The van der Waals surface area contributed by atoms with Gasteiger partial charge in [0.05, 0.1) is 0 Å². The van der Waals surface area contributed by atoms with E-state index in [9.17, 15) is 0 Å². The lowest BCUT2D eigenvalue weighted by molar-refractivity contribution is 0.503. The summed E-state index contributed by atoms with van der Waals surface area (Å²) in [5, 5.41) is 0.821. The molecule has 0 aliphatic carbocycles. The molecule has 0 saturated heterocycles. The van der Waals surface area contributed by atoms with Gasteiger partial charge < -0.3 is 10.6 Å². The highest BCUT2D eigenvalue weighted by molar-refractivity contribution is 6.31. The van der Waals surface area contributed by atoms with Crippen LogP contribution in [-0.2, 0) is 6.42 Å². The molecule has 1 rings (SSSR count). The van der Waals surface area contributed by atoms with E-state index in [0.29, 0.717) is 18.5 Å². The number of benzene rings is 1. The summed E-state index contributed by atoms with van der Waals surface area (Å²) in [5.74, 6) is 0.694. The molecule has 18 heavy (non-hydrogen) atoms. The van der Waals surface area contributed by atoms with Crippen LogP contribution in [0.4, 0.5) is 5.69 Å². The maximum Gasteiger partial charge on any atom is 0.0459 e. The lowest BCUT2D eigenvalue weighted by Gasteiger charge is -2.30. The largest absolute Gasteiger partial charge is 0.372 e. The minimum Gasteiger partial charge on any atom is -0.372 e. The Morgan fingerprint density at radius 2 is 1.94 bits per heavy atom. The van der Waals surface area contributed by atoms with Gasteiger partial charge in [0.1, 0.15) is 0 Å². The molecule has 1 aromatic rings. The van der Waals surface area contributed by atoms with E-state index in [-0.39, 0.29) is 0 Å². The summed E-state index contributed by atoms with van der Waals surface area (Å²) in [6, 6.07) is 6.58. The van der Waals surface area contributed by atoms with Crippen LogP contribution in [0.3, 0.4) is 0 Å². The van der Waals surface area contributed by atoms with E-state index in [0.717, 1.165) is 11.4 Å². The second-order valence-corrected chi connectivity index (χ2v) is 5.77. The predicted molar refractivity (Wildman–Crippen MR) is 81.5 cm³/mol. The van der Waals surface area contributed by atoms with Crippen LogP contribution in [0.1, 0.15) is 32.8 Å². The van der Waals surface area contributed by atoms with Gasteiger partial charge in [-0.15, -0.1) is 0 Å². The number of nitrogens with two attached hydrogens (primary N) is 1. The van der Waals surface area contributed by atoms with Crippen LogP contribution in [0.2, 0.25) is 5.02 Å². The maximum absolute atomic E-state index is 6.28. The first-order valence-electron chi connectivity index (χ1n) is 6.67. The zero-order chi connectivity index (χ0) is 13.7. The number of hydrogen-bond donors (Lipinski definition) is 1. The zero-order valence-electron chi connectivity index (χ0n) is 11.9. The molecule has 1 atom stereocenters. The fourth-order valence-corrected chi connectivity index (χ4v) is 2.61. The van der Waals surface area contributed by atoms with Gasteiger partial charge in [-0.05, 0) is 49.9 Å². The van der Waals surface area contributed by atoms with Crippen molar-refractivity contribution in [2.45, 2.75) is 39.7 Å². The van der Waals surface area contributed by atoms with Crippen molar-refractivity contribution in [3.63, 3.8) is 0 Å². The Morgan fingerprint density at radius 1 is 1.28 bits per heavy atom. The van der Waals surface area contributed by atoms with Crippen LogP contribution in [0.5, 0.6) is 0 Å². The predicted octanol–water partition coefficient (Wildman–Crippen LogP) is 3.71. The van der Waals surface area contributed by atoms with Gasteiger partial charge in [-0.25, -0.2) is 0 Å². The molecule has 0 saturated carbocycles. The second kappa shape index (κ2) is 7.01. The van der Waals surface area contributed by atoms with Crippen LogP contribution < -0.4 is 10.6 Å². The number of nitrogens with zero attached hydrogens (tertiary/aromatic N) is 1. The van der Waals surface area contributed by atoms with Gasteiger partial charge >= 0.3 is 0 Å². The Labute approximate surface area is 116 Å². The normalized spacial score (nSPS) is 12.8. The molecule has 1 aromatic carbocycles. The molecule has 2 nitrogen and oxygen atoms in total. The first-order valence-corrected chi connectivity index (χ1v) is 7.05. The summed E-state index contributed by atoms with van der Waals surface area (Å²) in [5.41, 5.74) is 8.05. The van der Waals surface area contributed by atoms with Crippen molar-refractivity contribution < 1.29 is 0 Å². The average Bonchev–Trinajstić information content (AvgIpc) is 2.30. The maximum atomic E-state index is 6.28. The molecular weight excluding hydrogens is 244 g/mol. The molecule has 0 aliphatic rings. The van der Waals surface area contributed by atoms with Crippen molar-refractivity contribution in [3.05, 3.63) is 28.8 Å². The molecule has 0 radical (unpaired) electrons. The monoisotopic (exact) mass is 268 g/mol. The SMILES string of the molecule is CC(C)CC(C)N(C)c1cccc(Cl)c1CCN. The molecular formula is C15H25ClN2. The van der Waals surface area contributed by atoms with E-state index >= 15 is 0 Å². The fourth-order valence-electron chi connectivity index (χ4n) is 2.35. The second-order valence-electron chi connectivity index (χ2n) is 5.37. The van der Waals surface area contributed by atoms with Crippen LogP contribution >= 0.6 is 11.6 Å². The van der Waals surface area contributed by atoms with Crippen molar-refractivity contribution >= 4 is 17.3 Å². The molecule has 0 heterocycles. The third-order valence-electron chi connectivity index (χ3n) is 3.34. The van der Waals surface area contributed by atoms with Gasteiger partial charge in [-0.2, -0.15) is 0 Å². The molecule has 0 fully saturated rings. The van der Waals surface area contributed by atoms with Crippen LogP contribution in [0.15, 0.2) is 18.2 Å². The lowest BCUT2D eigenvalue weighted by atomic mass is 10.0. The minimum absolute atomic E-state index is 0.500. The average molecular weight is 269 g/mol. The minimum atomic E-state index is 0.500. The van der Waals surface area contributed by atoms with Gasteiger partial charge in [0.15, 0.2) is 0 Å². The molecule has 0 bridgehead atoms. The summed E-state index contributed by atoms with van der Waals surface area (Å²) >= 11 is 6.28. The Bertz CT molecular complexity index is 377. The Morgan fingerprint density at radius 3 is 2.50 bits per heavy atom. The highest BCUT2D eigenvalue weighted by atomic mass is 35.5. The first-order chi connectivity index (χ1) is 8.47. The zero-order valence-corrected chi connectivity index (χ0v) is 12.7. The standard InChI is InChI=1S/C15H25ClN2/c1-11(2)10-12(3)18(4)15-7-5-6-14(16)13(15)8-9-17/h5-7,11-12H,8-10,17H2,1-4H3. The summed E-state index contributed by atoms with van der Waals surface area (Å²) in [6.45, 7) is 7.39. The summed E-state index contributed by atoms with van der Waals surface area (Å²) in [4.78, 5) is 2.32. The lowest BCUT2D eigenvalue weighted by Crippen LogP contribution is -2.31. The van der Waals surface area contributed by atoms with Crippen molar-refractivity contribution in [1.29, 1.82) is 0 Å². The number of halogens is 1. The molecule has 0 aliphatic heterocycles.